The molecule has 0 aliphatic heterocycles. The monoisotopic (exact) mass is 352 g/mol. The second-order valence-corrected chi connectivity index (χ2v) is 5.43. The Morgan fingerprint density at radius 3 is 2.29 bits per heavy atom. The first-order chi connectivity index (χ1) is 11.4. The number of hydrogen-bond acceptors (Lipinski definition) is 2. The molecule has 2 aromatic carbocycles. The molecule has 0 fully saturated rings. The van der Waals surface area contributed by atoms with Crippen molar-refractivity contribution in [3.63, 3.8) is 0 Å². The van der Waals surface area contributed by atoms with Gasteiger partial charge in [-0.3, -0.25) is 9.59 Å². The number of halogens is 3. The Labute approximate surface area is 143 Å². The van der Waals surface area contributed by atoms with Gasteiger partial charge in [-0.05, 0) is 24.3 Å². The van der Waals surface area contributed by atoms with Crippen LogP contribution in [0.3, 0.4) is 0 Å². The lowest BCUT2D eigenvalue weighted by molar-refractivity contribution is -0.117. The van der Waals surface area contributed by atoms with Crippen LogP contribution < -0.4 is 10.2 Å². The first-order valence-electron chi connectivity index (χ1n) is 7.16. The van der Waals surface area contributed by atoms with E-state index in [-0.39, 0.29) is 13.0 Å². The molecule has 0 bridgehead atoms. The van der Waals surface area contributed by atoms with Gasteiger partial charge in [-0.1, -0.05) is 29.8 Å². The summed E-state index contributed by atoms with van der Waals surface area (Å²) in [7, 11) is 0. The number of carbonyl (C=O) groups is 2. The maximum atomic E-state index is 13.8. The molecule has 2 aromatic rings. The average Bonchev–Trinajstić information content (AvgIpc) is 2.52. The van der Waals surface area contributed by atoms with Crippen LogP contribution >= 0.6 is 11.6 Å². The van der Waals surface area contributed by atoms with Crippen LogP contribution in [0.1, 0.15) is 13.3 Å². The molecular weight excluding hydrogens is 338 g/mol. The van der Waals surface area contributed by atoms with E-state index in [2.05, 4.69) is 5.32 Å². The highest BCUT2D eigenvalue weighted by atomic mass is 35.5. The molecule has 4 nitrogen and oxygen atoms in total. The number of nitrogens with zero attached hydrogens (tertiary/aromatic N) is 1. The molecule has 24 heavy (non-hydrogen) atoms. The fraction of sp³-hybridized carbons (Fsp3) is 0.176. The molecule has 2 amide bonds. The van der Waals surface area contributed by atoms with Crippen molar-refractivity contribution in [1.82, 2.24) is 0 Å². The molecule has 0 unspecified atom stereocenters. The molecule has 0 radical (unpaired) electrons. The number of rotatable bonds is 5. The molecule has 0 aliphatic rings. The van der Waals surface area contributed by atoms with Gasteiger partial charge >= 0.3 is 0 Å². The Kier molecular flexibility index (Phi) is 5.87. The maximum absolute atomic E-state index is 13.8. The standard InChI is InChI=1S/C17H15ClF2N2O2/c1-11(23)22(17-13(19)6-4-7-14(17)20)10-9-16(24)21-15-8-3-2-5-12(15)18/h2-8H,9-10H2,1H3,(H,21,24). The molecule has 0 saturated heterocycles. The Hall–Kier alpha value is -2.47. The van der Waals surface area contributed by atoms with E-state index in [0.29, 0.717) is 10.7 Å². The van der Waals surface area contributed by atoms with Crippen LogP contribution in [0.5, 0.6) is 0 Å². The summed E-state index contributed by atoms with van der Waals surface area (Å²) in [5.41, 5.74) is -0.0360. The number of anilines is 2. The van der Waals surface area contributed by atoms with Gasteiger partial charge in [0, 0.05) is 19.9 Å². The van der Waals surface area contributed by atoms with Crippen molar-refractivity contribution in [3.05, 3.63) is 59.1 Å². The Bertz CT molecular complexity index is 748. The zero-order valence-electron chi connectivity index (χ0n) is 12.9. The predicted molar refractivity (Wildman–Crippen MR) is 89.1 cm³/mol. The van der Waals surface area contributed by atoms with E-state index in [0.717, 1.165) is 17.0 Å². The summed E-state index contributed by atoms with van der Waals surface area (Å²) in [6.45, 7) is 1.02. The number of carbonyl (C=O) groups excluding carboxylic acids is 2. The molecule has 2 rings (SSSR count). The molecule has 0 saturated carbocycles. The number of nitrogens with one attached hydrogen (secondary N) is 1. The maximum Gasteiger partial charge on any atom is 0.226 e. The summed E-state index contributed by atoms with van der Waals surface area (Å²) in [5.74, 6) is -2.72. The van der Waals surface area contributed by atoms with Gasteiger partial charge < -0.3 is 10.2 Å². The van der Waals surface area contributed by atoms with Gasteiger partial charge in [0.1, 0.15) is 17.3 Å². The van der Waals surface area contributed by atoms with E-state index in [9.17, 15) is 18.4 Å². The van der Waals surface area contributed by atoms with Crippen molar-refractivity contribution in [2.45, 2.75) is 13.3 Å². The second kappa shape index (κ2) is 7.88. The Balaban J connectivity index is 2.08. The predicted octanol–water partition coefficient (Wildman–Crippen LogP) is 4.00. The lowest BCUT2D eigenvalue weighted by Gasteiger charge is -2.22. The second-order valence-electron chi connectivity index (χ2n) is 5.02. The van der Waals surface area contributed by atoms with Crippen molar-refractivity contribution in [3.8, 4) is 0 Å². The molecule has 126 valence electrons. The van der Waals surface area contributed by atoms with E-state index in [4.69, 9.17) is 11.6 Å². The molecule has 0 aliphatic carbocycles. The minimum absolute atomic E-state index is 0.140. The number of para-hydroxylation sites is 2. The molecular formula is C17H15ClF2N2O2. The van der Waals surface area contributed by atoms with Gasteiger partial charge in [0.2, 0.25) is 11.8 Å². The van der Waals surface area contributed by atoms with E-state index in [1.165, 1.54) is 13.0 Å². The summed E-state index contributed by atoms with van der Waals surface area (Å²) >= 11 is 5.94. The van der Waals surface area contributed by atoms with Crippen LogP contribution in [0.15, 0.2) is 42.5 Å². The van der Waals surface area contributed by atoms with Crippen LogP contribution in [0.25, 0.3) is 0 Å². The average molecular weight is 353 g/mol. The zero-order chi connectivity index (χ0) is 17.7. The third-order valence-electron chi connectivity index (χ3n) is 3.30. The quantitative estimate of drug-likeness (QED) is 0.884. The van der Waals surface area contributed by atoms with E-state index in [1.54, 1.807) is 24.3 Å². The van der Waals surface area contributed by atoms with Crippen LogP contribution in [0.2, 0.25) is 5.02 Å². The normalized spacial score (nSPS) is 10.3. The molecule has 7 heteroatoms. The van der Waals surface area contributed by atoms with Gasteiger partial charge in [-0.25, -0.2) is 8.78 Å². The SMILES string of the molecule is CC(=O)N(CCC(=O)Nc1ccccc1Cl)c1c(F)cccc1F. The lowest BCUT2D eigenvalue weighted by atomic mass is 10.2. The fourth-order valence-electron chi connectivity index (χ4n) is 2.16. The smallest absolute Gasteiger partial charge is 0.226 e. The van der Waals surface area contributed by atoms with Gasteiger partial charge in [0.05, 0.1) is 10.7 Å². The van der Waals surface area contributed by atoms with Crippen molar-refractivity contribution < 1.29 is 18.4 Å². The first kappa shape index (κ1) is 17.9. The van der Waals surface area contributed by atoms with Gasteiger partial charge in [0.15, 0.2) is 0 Å². The van der Waals surface area contributed by atoms with Crippen molar-refractivity contribution in [2.24, 2.45) is 0 Å². The van der Waals surface area contributed by atoms with Crippen LogP contribution in [0, 0.1) is 11.6 Å². The van der Waals surface area contributed by atoms with Gasteiger partial charge in [0.25, 0.3) is 0 Å². The minimum Gasteiger partial charge on any atom is -0.325 e. The van der Waals surface area contributed by atoms with E-state index in [1.807, 2.05) is 0 Å². The highest BCUT2D eigenvalue weighted by Gasteiger charge is 2.21. The summed E-state index contributed by atoms with van der Waals surface area (Å²) in [5, 5.41) is 2.96. The molecule has 0 aromatic heterocycles. The van der Waals surface area contributed by atoms with Crippen molar-refractivity contribution in [1.29, 1.82) is 0 Å². The molecule has 0 spiro atoms. The van der Waals surface area contributed by atoms with E-state index < -0.39 is 29.1 Å². The third kappa shape index (κ3) is 4.29. The molecule has 0 heterocycles. The first-order valence-corrected chi connectivity index (χ1v) is 7.54. The lowest BCUT2D eigenvalue weighted by Crippen LogP contribution is -2.33. The summed E-state index contributed by atoms with van der Waals surface area (Å²) in [6, 6.07) is 9.98. The summed E-state index contributed by atoms with van der Waals surface area (Å²) in [6.07, 6.45) is -0.140. The van der Waals surface area contributed by atoms with Gasteiger partial charge in [-0.2, -0.15) is 0 Å². The minimum atomic E-state index is -0.864. The molecule has 1 N–H and O–H groups in total. The third-order valence-corrected chi connectivity index (χ3v) is 3.63. The molecule has 0 atom stereocenters. The Morgan fingerprint density at radius 1 is 1.08 bits per heavy atom. The number of hydrogen-bond donors (Lipinski definition) is 1. The number of amides is 2. The fourth-order valence-corrected chi connectivity index (χ4v) is 2.35. The van der Waals surface area contributed by atoms with Crippen LogP contribution in [-0.2, 0) is 9.59 Å². The Morgan fingerprint density at radius 2 is 1.71 bits per heavy atom. The summed E-state index contributed by atoms with van der Waals surface area (Å²) < 4.78 is 27.7. The summed E-state index contributed by atoms with van der Waals surface area (Å²) in [4.78, 5) is 24.6. The van der Waals surface area contributed by atoms with Crippen LogP contribution in [0.4, 0.5) is 20.2 Å². The van der Waals surface area contributed by atoms with Crippen molar-refractivity contribution in [2.75, 3.05) is 16.8 Å². The zero-order valence-corrected chi connectivity index (χ0v) is 13.6. The van der Waals surface area contributed by atoms with Crippen LogP contribution in [-0.4, -0.2) is 18.4 Å². The van der Waals surface area contributed by atoms with Crippen molar-refractivity contribution >= 4 is 34.8 Å². The largest absolute Gasteiger partial charge is 0.325 e. The highest BCUT2D eigenvalue weighted by molar-refractivity contribution is 6.33. The van der Waals surface area contributed by atoms with E-state index >= 15 is 0 Å². The van der Waals surface area contributed by atoms with Gasteiger partial charge in [-0.15, -0.1) is 0 Å². The highest BCUT2D eigenvalue weighted by Crippen LogP contribution is 2.24. The number of benzene rings is 2. The topological polar surface area (TPSA) is 49.4 Å².